The first-order valence-electron chi connectivity index (χ1n) is 10.1. The number of nitriles is 1. The van der Waals surface area contributed by atoms with Gasteiger partial charge in [0.25, 0.3) is 0 Å². The van der Waals surface area contributed by atoms with Gasteiger partial charge in [-0.25, -0.2) is 14.8 Å². The van der Waals surface area contributed by atoms with E-state index in [4.69, 9.17) is 10.00 Å². The van der Waals surface area contributed by atoms with Gasteiger partial charge < -0.3 is 10.1 Å². The van der Waals surface area contributed by atoms with Crippen LogP contribution < -0.4 is 5.32 Å². The van der Waals surface area contributed by atoms with Crippen molar-refractivity contribution in [3.05, 3.63) is 59.6 Å². The highest BCUT2D eigenvalue weighted by Gasteiger charge is 2.29. The van der Waals surface area contributed by atoms with Crippen molar-refractivity contribution in [3.8, 4) is 6.07 Å². The van der Waals surface area contributed by atoms with E-state index in [0.717, 1.165) is 36.3 Å². The molecule has 1 aliphatic rings. The fourth-order valence-electron chi connectivity index (χ4n) is 3.64. The molecule has 4 rings (SSSR count). The number of nitrogens with one attached hydrogen (secondary N) is 2. The quantitative estimate of drug-likeness (QED) is 0.556. The Kier molecular flexibility index (Phi) is 6.14. The zero-order chi connectivity index (χ0) is 21.6. The maximum absolute atomic E-state index is 12.1. The van der Waals surface area contributed by atoms with Crippen LogP contribution in [0, 0.1) is 11.3 Å². The summed E-state index contributed by atoms with van der Waals surface area (Å²) in [7, 11) is 0. The van der Waals surface area contributed by atoms with Crippen LogP contribution >= 0.6 is 0 Å². The Morgan fingerprint density at radius 2 is 2.19 bits per heavy atom. The predicted molar refractivity (Wildman–Crippen MR) is 111 cm³/mol. The maximum Gasteiger partial charge on any atom is 0.356 e. The van der Waals surface area contributed by atoms with Crippen molar-refractivity contribution in [2.45, 2.75) is 32.4 Å². The lowest BCUT2D eigenvalue weighted by molar-refractivity contribution is 0.0516. The van der Waals surface area contributed by atoms with E-state index >= 15 is 0 Å². The summed E-state index contributed by atoms with van der Waals surface area (Å²) in [6.07, 6.45) is 8.71. The minimum absolute atomic E-state index is 0.114. The Hall–Kier alpha value is -3.84. The number of ether oxygens (including phenoxy) is 1. The lowest BCUT2D eigenvalue weighted by atomic mass is 10.1. The lowest BCUT2D eigenvalue weighted by Crippen LogP contribution is -2.24. The van der Waals surface area contributed by atoms with Crippen LogP contribution in [0.4, 0.5) is 11.5 Å². The molecule has 1 aliphatic heterocycles. The highest BCUT2D eigenvalue weighted by atomic mass is 16.5. The minimum Gasteiger partial charge on any atom is -0.461 e. The molecule has 10 nitrogen and oxygen atoms in total. The van der Waals surface area contributed by atoms with Gasteiger partial charge in [-0.1, -0.05) is 0 Å². The molecule has 1 saturated heterocycles. The third kappa shape index (κ3) is 4.67. The van der Waals surface area contributed by atoms with Gasteiger partial charge in [0.05, 0.1) is 48.8 Å². The molecule has 3 aromatic rings. The zero-order valence-corrected chi connectivity index (χ0v) is 17.1. The molecule has 31 heavy (non-hydrogen) atoms. The zero-order valence-electron chi connectivity index (χ0n) is 17.1. The van der Waals surface area contributed by atoms with Gasteiger partial charge in [-0.05, 0) is 38.4 Å². The van der Waals surface area contributed by atoms with E-state index < -0.39 is 5.97 Å². The molecular formula is C21H22N8O2. The number of pyridine rings is 1. The van der Waals surface area contributed by atoms with E-state index in [9.17, 15) is 4.79 Å². The van der Waals surface area contributed by atoms with E-state index in [-0.39, 0.29) is 6.04 Å². The van der Waals surface area contributed by atoms with Crippen LogP contribution in [0.1, 0.15) is 53.2 Å². The summed E-state index contributed by atoms with van der Waals surface area (Å²) in [5.74, 6) is 0.206. The monoisotopic (exact) mass is 418 g/mol. The molecule has 3 aromatic heterocycles. The van der Waals surface area contributed by atoms with Crippen molar-refractivity contribution < 1.29 is 9.53 Å². The van der Waals surface area contributed by atoms with Crippen LogP contribution in [0.2, 0.25) is 0 Å². The van der Waals surface area contributed by atoms with E-state index in [1.165, 1.54) is 0 Å². The van der Waals surface area contributed by atoms with Gasteiger partial charge in [0.2, 0.25) is 0 Å². The average Bonchev–Trinajstić information content (AvgIpc) is 3.45. The van der Waals surface area contributed by atoms with Gasteiger partial charge >= 0.3 is 5.97 Å². The fourth-order valence-corrected chi connectivity index (χ4v) is 3.64. The van der Waals surface area contributed by atoms with Crippen molar-refractivity contribution in [2.24, 2.45) is 0 Å². The Morgan fingerprint density at radius 1 is 1.29 bits per heavy atom. The summed E-state index contributed by atoms with van der Waals surface area (Å²) in [4.78, 5) is 27.5. The average molecular weight is 418 g/mol. The third-order valence-electron chi connectivity index (χ3n) is 5.10. The Bertz CT molecular complexity index is 1070. The molecule has 10 heteroatoms. The Balaban J connectivity index is 1.43. The van der Waals surface area contributed by atoms with Gasteiger partial charge in [0.1, 0.15) is 23.3 Å². The number of likely N-dealkylation sites (tertiary alicyclic amines) is 1. The second-order valence-electron chi connectivity index (χ2n) is 7.11. The van der Waals surface area contributed by atoms with E-state index in [2.05, 4.69) is 35.4 Å². The lowest BCUT2D eigenvalue weighted by Gasteiger charge is -2.23. The van der Waals surface area contributed by atoms with Gasteiger partial charge in [0.15, 0.2) is 0 Å². The van der Waals surface area contributed by atoms with Gasteiger partial charge in [0, 0.05) is 12.1 Å². The number of hydrogen-bond acceptors (Lipinski definition) is 9. The number of esters is 1. The molecule has 0 radical (unpaired) electrons. The number of H-pyrrole nitrogens is 1. The highest BCUT2D eigenvalue weighted by molar-refractivity contribution is 5.88. The maximum atomic E-state index is 12.1. The molecule has 0 amide bonds. The van der Waals surface area contributed by atoms with Crippen molar-refractivity contribution in [1.82, 2.24) is 30.0 Å². The standard InChI is InChI=1S/C21H22N8O2/c1-2-31-21(30)20-14(9-26-28-20)13-29-7-3-4-18(29)17-11-25-19(12-24-17)27-16-6-5-15(8-22)23-10-16/h5-6,9-12,18H,2-4,7,13H2,1H3,(H,25,27)(H,26,28). The molecule has 2 N–H and O–H groups in total. The molecule has 1 unspecified atom stereocenters. The van der Waals surface area contributed by atoms with Crippen molar-refractivity contribution >= 4 is 17.5 Å². The summed E-state index contributed by atoms with van der Waals surface area (Å²) in [6, 6.07) is 5.51. The molecule has 158 valence electrons. The Labute approximate surface area is 179 Å². The number of anilines is 2. The predicted octanol–water partition coefficient (Wildman–Crippen LogP) is 2.72. The topological polar surface area (TPSA) is 133 Å². The molecule has 0 bridgehead atoms. The first-order valence-corrected chi connectivity index (χ1v) is 10.1. The van der Waals surface area contributed by atoms with E-state index in [1.54, 1.807) is 43.8 Å². The molecule has 4 heterocycles. The summed E-state index contributed by atoms with van der Waals surface area (Å²) in [5.41, 5.74) is 3.17. The van der Waals surface area contributed by atoms with Crippen molar-refractivity contribution in [3.63, 3.8) is 0 Å². The van der Waals surface area contributed by atoms with Crippen LogP contribution in [0.5, 0.6) is 0 Å². The van der Waals surface area contributed by atoms with Gasteiger partial charge in [-0.15, -0.1) is 0 Å². The van der Waals surface area contributed by atoms with Crippen molar-refractivity contribution in [1.29, 1.82) is 5.26 Å². The summed E-state index contributed by atoms with van der Waals surface area (Å²) >= 11 is 0. The fraction of sp³-hybridized carbons (Fsp3) is 0.333. The molecule has 1 fully saturated rings. The molecular weight excluding hydrogens is 396 g/mol. The molecule has 0 aromatic carbocycles. The normalized spacial score (nSPS) is 16.1. The first-order chi connectivity index (χ1) is 15.2. The number of carbonyl (C=O) groups is 1. The van der Waals surface area contributed by atoms with Crippen LogP contribution in [-0.4, -0.2) is 49.2 Å². The summed E-state index contributed by atoms with van der Waals surface area (Å²) in [5, 5.41) is 18.7. The number of nitrogens with zero attached hydrogens (tertiary/aromatic N) is 6. The summed E-state index contributed by atoms with van der Waals surface area (Å²) < 4.78 is 5.10. The Morgan fingerprint density at radius 3 is 2.90 bits per heavy atom. The van der Waals surface area contributed by atoms with E-state index in [0.29, 0.717) is 30.4 Å². The largest absolute Gasteiger partial charge is 0.461 e. The molecule has 0 spiro atoms. The SMILES string of the molecule is CCOC(=O)c1[nH]ncc1CN1CCCC1c1cnc(Nc2ccc(C#N)nc2)cn1. The number of aromatic amines is 1. The molecule has 0 aliphatic carbocycles. The minimum atomic E-state index is -0.391. The number of hydrogen-bond donors (Lipinski definition) is 2. The van der Waals surface area contributed by atoms with Gasteiger partial charge in [-0.2, -0.15) is 10.4 Å². The number of rotatable bonds is 7. The van der Waals surface area contributed by atoms with Crippen LogP contribution in [-0.2, 0) is 11.3 Å². The molecule has 1 atom stereocenters. The number of carbonyl (C=O) groups excluding carboxylic acids is 1. The number of aromatic nitrogens is 5. The summed E-state index contributed by atoms with van der Waals surface area (Å²) in [6.45, 7) is 3.57. The highest BCUT2D eigenvalue weighted by Crippen LogP contribution is 2.32. The van der Waals surface area contributed by atoms with Crippen molar-refractivity contribution in [2.75, 3.05) is 18.5 Å². The molecule has 0 saturated carbocycles. The van der Waals surface area contributed by atoms with Crippen LogP contribution in [0.3, 0.4) is 0 Å². The third-order valence-corrected chi connectivity index (χ3v) is 5.10. The van der Waals surface area contributed by atoms with Crippen LogP contribution in [0.25, 0.3) is 0 Å². The van der Waals surface area contributed by atoms with E-state index in [1.807, 2.05) is 6.07 Å². The smallest absolute Gasteiger partial charge is 0.356 e. The van der Waals surface area contributed by atoms with Crippen LogP contribution in [0.15, 0.2) is 36.9 Å². The first kappa shape index (κ1) is 20.4. The second kappa shape index (κ2) is 9.32. The van der Waals surface area contributed by atoms with Gasteiger partial charge in [-0.3, -0.25) is 15.0 Å². The second-order valence-corrected chi connectivity index (χ2v) is 7.11.